The average molecular weight is 411 g/mol. The molecule has 1 heterocycles. The largest absolute Gasteiger partial charge is 0.268 e. The second-order valence-corrected chi connectivity index (χ2v) is 7.68. The normalized spacial score (nSPS) is 11.1. The molecule has 0 unspecified atom stereocenters. The van der Waals surface area contributed by atoms with Crippen molar-refractivity contribution in [2.75, 3.05) is 0 Å². The number of nitrogens with zero attached hydrogens (tertiary/aromatic N) is 2. The van der Waals surface area contributed by atoms with Crippen molar-refractivity contribution in [3.8, 4) is 5.69 Å². The molecule has 0 aliphatic carbocycles. The molecule has 0 N–H and O–H groups in total. The minimum absolute atomic E-state index is 0.151. The molecular weight excluding hydrogens is 395 g/mol. The molecule has 0 bridgehead atoms. The van der Waals surface area contributed by atoms with E-state index in [0.29, 0.717) is 26.6 Å². The van der Waals surface area contributed by atoms with Crippen LogP contribution in [0.5, 0.6) is 0 Å². The summed E-state index contributed by atoms with van der Waals surface area (Å²) in [5.74, 6) is -0.104. The third kappa shape index (κ3) is 3.43. The highest BCUT2D eigenvalue weighted by molar-refractivity contribution is 7.98. The van der Waals surface area contributed by atoms with E-state index in [1.54, 1.807) is 28.8 Å². The molecule has 0 fully saturated rings. The monoisotopic (exact) mass is 410 g/mol. The van der Waals surface area contributed by atoms with Gasteiger partial charge in [0.2, 0.25) is 0 Å². The van der Waals surface area contributed by atoms with Crippen molar-refractivity contribution < 1.29 is 4.39 Å². The predicted molar refractivity (Wildman–Crippen MR) is 113 cm³/mol. The van der Waals surface area contributed by atoms with Gasteiger partial charge in [0.05, 0.1) is 16.6 Å². The lowest BCUT2D eigenvalue weighted by atomic mass is 10.2. The molecule has 0 atom stereocenters. The molecule has 0 saturated carbocycles. The first kappa shape index (κ1) is 18.7. The van der Waals surface area contributed by atoms with Gasteiger partial charge < -0.3 is 0 Å². The number of benzene rings is 3. The number of halogens is 2. The van der Waals surface area contributed by atoms with Crippen LogP contribution in [-0.2, 0) is 5.75 Å². The lowest BCUT2D eigenvalue weighted by molar-refractivity contribution is 0.617. The van der Waals surface area contributed by atoms with Crippen LogP contribution in [0.1, 0.15) is 11.1 Å². The Hall–Kier alpha value is -2.63. The smallest absolute Gasteiger partial charge is 0.266 e. The summed E-state index contributed by atoms with van der Waals surface area (Å²) in [5.41, 5.74) is 2.56. The molecule has 28 heavy (non-hydrogen) atoms. The maximum Gasteiger partial charge on any atom is 0.266 e. The van der Waals surface area contributed by atoms with Crippen LogP contribution in [-0.4, -0.2) is 9.55 Å². The lowest BCUT2D eigenvalue weighted by Crippen LogP contribution is -2.22. The Balaban J connectivity index is 1.88. The summed E-state index contributed by atoms with van der Waals surface area (Å²) in [6.45, 7) is 1.94. The van der Waals surface area contributed by atoms with Crippen molar-refractivity contribution >= 4 is 34.3 Å². The van der Waals surface area contributed by atoms with E-state index in [1.165, 1.54) is 17.8 Å². The van der Waals surface area contributed by atoms with Gasteiger partial charge in [0.15, 0.2) is 5.16 Å². The van der Waals surface area contributed by atoms with E-state index in [0.717, 1.165) is 11.3 Å². The minimum Gasteiger partial charge on any atom is -0.268 e. The van der Waals surface area contributed by atoms with E-state index in [-0.39, 0.29) is 17.1 Å². The number of aromatic nitrogens is 2. The van der Waals surface area contributed by atoms with Gasteiger partial charge in [-0.05, 0) is 42.8 Å². The Morgan fingerprint density at radius 3 is 2.57 bits per heavy atom. The quantitative estimate of drug-likeness (QED) is 0.316. The maximum atomic E-state index is 14.2. The Morgan fingerprint density at radius 1 is 1.04 bits per heavy atom. The number of thioether (sulfide) groups is 1. The van der Waals surface area contributed by atoms with E-state index >= 15 is 0 Å². The van der Waals surface area contributed by atoms with Gasteiger partial charge in [-0.25, -0.2) is 9.37 Å². The summed E-state index contributed by atoms with van der Waals surface area (Å²) in [4.78, 5) is 17.9. The summed E-state index contributed by atoms with van der Waals surface area (Å²) in [6.07, 6.45) is 0. The standard InChI is InChI=1S/C22H16ClFN2OS/c1-14-7-2-5-12-20(14)26-21(27)15-8-3-4-11-19(15)25-22(26)28-13-16-17(23)9-6-10-18(16)24/h2-12H,13H2,1H3. The highest BCUT2D eigenvalue weighted by atomic mass is 35.5. The van der Waals surface area contributed by atoms with Crippen molar-refractivity contribution in [1.29, 1.82) is 0 Å². The zero-order valence-electron chi connectivity index (χ0n) is 15.0. The molecule has 0 saturated heterocycles. The summed E-state index contributed by atoms with van der Waals surface area (Å²) < 4.78 is 15.8. The first-order valence-electron chi connectivity index (χ1n) is 8.70. The van der Waals surface area contributed by atoms with Gasteiger partial charge in [-0.1, -0.05) is 59.8 Å². The van der Waals surface area contributed by atoms with Crippen molar-refractivity contribution in [2.24, 2.45) is 0 Å². The first-order valence-corrected chi connectivity index (χ1v) is 10.1. The molecule has 4 rings (SSSR count). The topological polar surface area (TPSA) is 34.9 Å². The van der Waals surface area contributed by atoms with Gasteiger partial charge in [0.25, 0.3) is 5.56 Å². The fraction of sp³-hybridized carbons (Fsp3) is 0.0909. The van der Waals surface area contributed by atoms with Crippen LogP contribution in [0.25, 0.3) is 16.6 Å². The van der Waals surface area contributed by atoms with Gasteiger partial charge in [-0.2, -0.15) is 0 Å². The Kier molecular flexibility index (Phi) is 5.20. The zero-order chi connectivity index (χ0) is 19.7. The number of hydrogen-bond donors (Lipinski definition) is 0. The molecule has 0 aliphatic rings. The first-order chi connectivity index (χ1) is 13.6. The van der Waals surface area contributed by atoms with Crippen LogP contribution in [0.4, 0.5) is 4.39 Å². The number of aryl methyl sites for hydroxylation is 1. The molecule has 6 heteroatoms. The predicted octanol–water partition coefficient (Wildman–Crippen LogP) is 5.78. The fourth-order valence-electron chi connectivity index (χ4n) is 3.04. The molecule has 140 valence electrons. The third-order valence-electron chi connectivity index (χ3n) is 4.51. The fourth-order valence-corrected chi connectivity index (χ4v) is 4.39. The average Bonchev–Trinajstić information content (AvgIpc) is 2.69. The van der Waals surface area contributed by atoms with Gasteiger partial charge >= 0.3 is 0 Å². The van der Waals surface area contributed by atoms with Gasteiger partial charge in [0, 0.05) is 16.3 Å². The Morgan fingerprint density at radius 2 is 1.79 bits per heavy atom. The van der Waals surface area contributed by atoms with Gasteiger partial charge in [0.1, 0.15) is 5.82 Å². The lowest BCUT2D eigenvalue weighted by Gasteiger charge is -2.15. The molecule has 0 radical (unpaired) electrons. The van der Waals surface area contributed by atoms with E-state index in [4.69, 9.17) is 11.6 Å². The molecule has 3 aromatic carbocycles. The summed E-state index contributed by atoms with van der Waals surface area (Å²) in [6, 6.07) is 19.5. The molecular formula is C22H16ClFN2OS. The minimum atomic E-state index is -0.370. The second-order valence-electron chi connectivity index (χ2n) is 6.33. The van der Waals surface area contributed by atoms with Crippen LogP contribution in [0.2, 0.25) is 5.02 Å². The van der Waals surface area contributed by atoms with Crippen LogP contribution < -0.4 is 5.56 Å². The van der Waals surface area contributed by atoms with Crippen LogP contribution in [0.15, 0.2) is 76.7 Å². The Bertz CT molecular complexity index is 1220. The van der Waals surface area contributed by atoms with Gasteiger partial charge in [-0.15, -0.1) is 0 Å². The van der Waals surface area contributed by atoms with Crippen molar-refractivity contribution in [2.45, 2.75) is 17.8 Å². The van der Waals surface area contributed by atoms with Crippen molar-refractivity contribution in [3.05, 3.63) is 99.1 Å². The second kappa shape index (κ2) is 7.78. The molecule has 0 amide bonds. The van der Waals surface area contributed by atoms with Crippen LogP contribution >= 0.6 is 23.4 Å². The molecule has 3 nitrogen and oxygen atoms in total. The van der Waals surface area contributed by atoms with Crippen molar-refractivity contribution in [1.82, 2.24) is 9.55 Å². The highest BCUT2D eigenvalue weighted by Gasteiger charge is 2.16. The van der Waals surface area contributed by atoms with E-state index < -0.39 is 0 Å². The molecule has 0 aliphatic heterocycles. The van der Waals surface area contributed by atoms with Crippen LogP contribution in [0, 0.1) is 12.7 Å². The number of rotatable bonds is 4. The van der Waals surface area contributed by atoms with Crippen LogP contribution in [0.3, 0.4) is 0 Å². The molecule has 0 spiro atoms. The maximum absolute atomic E-state index is 14.2. The summed E-state index contributed by atoms with van der Waals surface area (Å²) in [5, 5.41) is 1.40. The molecule has 1 aromatic heterocycles. The highest BCUT2D eigenvalue weighted by Crippen LogP contribution is 2.29. The number of para-hydroxylation sites is 2. The third-order valence-corrected chi connectivity index (χ3v) is 5.83. The van der Waals surface area contributed by atoms with Gasteiger partial charge in [-0.3, -0.25) is 9.36 Å². The number of fused-ring (bicyclic) bond motifs is 1. The van der Waals surface area contributed by atoms with E-state index in [9.17, 15) is 9.18 Å². The van der Waals surface area contributed by atoms with E-state index in [2.05, 4.69) is 4.98 Å². The number of hydrogen-bond acceptors (Lipinski definition) is 3. The molecule has 4 aromatic rings. The zero-order valence-corrected chi connectivity index (χ0v) is 16.6. The summed E-state index contributed by atoms with van der Waals surface area (Å²) in [7, 11) is 0. The van der Waals surface area contributed by atoms with E-state index in [1.807, 2.05) is 43.3 Å². The van der Waals surface area contributed by atoms with Crippen molar-refractivity contribution in [3.63, 3.8) is 0 Å². The SMILES string of the molecule is Cc1ccccc1-n1c(SCc2c(F)cccc2Cl)nc2ccccc2c1=O. The summed E-state index contributed by atoms with van der Waals surface area (Å²) >= 11 is 7.45. The Labute approximate surface area is 170 Å².